The number of halogens is 1. The van der Waals surface area contributed by atoms with Gasteiger partial charge in [-0.25, -0.2) is 4.98 Å². The maximum atomic E-state index is 5.77. The molecule has 1 fully saturated rings. The molecule has 0 amide bonds. The van der Waals surface area contributed by atoms with Crippen LogP contribution in [-0.4, -0.2) is 29.5 Å². The van der Waals surface area contributed by atoms with Gasteiger partial charge in [0, 0.05) is 18.3 Å². The van der Waals surface area contributed by atoms with E-state index in [4.69, 9.17) is 11.6 Å². The molecule has 1 aromatic heterocycles. The largest absolute Gasteiger partial charge is 0.303 e. The number of rotatable bonds is 5. The van der Waals surface area contributed by atoms with Crippen LogP contribution in [0.3, 0.4) is 0 Å². The van der Waals surface area contributed by atoms with Crippen molar-refractivity contribution in [3.05, 3.63) is 16.1 Å². The molecular weight excluding hydrogens is 276 g/mol. The zero-order chi connectivity index (χ0) is 13.9. The molecule has 19 heavy (non-hydrogen) atoms. The molecule has 0 radical (unpaired) electrons. The van der Waals surface area contributed by atoms with Gasteiger partial charge in [0.1, 0.15) is 0 Å². The number of likely N-dealkylation sites (tertiary alicyclic amines) is 1. The van der Waals surface area contributed by atoms with Crippen molar-refractivity contribution in [2.24, 2.45) is 11.3 Å². The zero-order valence-electron chi connectivity index (χ0n) is 12.3. The molecule has 0 saturated carbocycles. The number of aryl methyl sites for hydroxylation is 1. The highest BCUT2D eigenvalue weighted by Crippen LogP contribution is 2.33. The molecule has 1 aliphatic rings. The van der Waals surface area contributed by atoms with Gasteiger partial charge >= 0.3 is 0 Å². The van der Waals surface area contributed by atoms with Gasteiger partial charge in [0.15, 0.2) is 0 Å². The number of thiazole rings is 1. The van der Waals surface area contributed by atoms with E-state index >= 15 is 0 Å². The van der Waals surface area contributed by atoms with E-state index < -0.39 is 0 Å². The molecule has 2 rings (SSSR count). The fourth-order valence-corrected chi connectivity index (χ4v) is 3.79. The molecule has 0 N–H and O–H groups in total. The van der Waals surface area contributed by atoms with Gasteiger partial charge in [0.05, 0.1) is 16.6 Å². The van der Waals surface area contributed by atoms with Crippen molar-refractivity contribution >= 4 is 22.9 Å². The highest BCUT2D eigenvalue weighted by molar-refractivity contribution is 7.09. The Kier molecular flexibility index (Phi) is 5.27. The van der Waals surface area contributed by atoms with Gasteiger partial charge in [-0.2, -0.15) is 0 Å². The molecule has 0 aliphatic carbocycles. The smallest absolute Gasteiger partial charge is 0.0929 e. The number of hydrogen-bond donors (Lipinski definition) is 0. The molecule has 4 heteroatoms. The molecule has 1 unspecified atom stereocenters. The fraction of sp³-hybridized carbons (Fsp3) is 0.800. The lowest BCUT2D eigenvalue weighted by Gasteiger charge is -2.27. The Balaban J connectivity index is 1.69. The lowest BCUT2D eigenvalue weighted by Crippen LogP contribution is -2.26. The van der Waals surface area contributed by atoms with Gasteiger partial charge in [0.25, 0.3) is 0 Å². The molecular formula is C15H25ClN2S. The highest BCUT2D eigenvalue weighted by Gasteiger charge is 2.31. The minimum absolute atomic E-state index is 0.458. The normalized spacial score (nSPS) is 21.2. The summed E-state index contributed by atoms with van der Waals surface area (Å²) in [7, 11) is 0. The van der Waals surface area contributed by atoms with E-state index in [2.05, 4.69) is 36.0 Å². The Labute approximate surface area is 126 Å². The van der Waals surface area contributed by atoms with Crippen molar-refractivity contribution in [2.75, 3.05) is 19.6 Å². The first-order valence-corrected chi connectivity index (χ1v) is 8.62. The first-order valence-electron chi connectivity index (χ1n) is 7.20. The van der Waals surface area contributed by atoms with Crippen LogP contribution >= 0.6 is 22.9 Å². The summed E-state index contributed by atoms with van der Waals surface area (Å²) < 4.78 is 0. The molecule has 1 aromatic rings. The Morgan fingerprint density at radius 2 is 2.26 bits per heavy atom. The second-order valence-corrected chi connectivity index (χ2v) is 7.83. The molecule has 2 nitrogen and oxygen atoms in total. The van der Waals surface area contributed by atoms with Gasteiger partial charge in [0.2, 0.25) is 0 Å². The van der Waals surface area contributed by atoms with Crippen LogP contribution in [-0.2, 0) is 12.3 Å². The van der Waals surface area contributed by atoms with Crippen molar-refractivity contribution in [2.45, 2.75) is 45.9 Å². The molecule has 0 spiro atoms. The monoisotopic (exact) mass is 300 g/mol. The molecule has 1 aliphatic heterocycles. The molecule has 0 bridgehead atoms. The van der Waals surface area contributed by atoms with Gasteiger partial charge in [-0.15, -0.1) is 22.9 Å². The maximum absolute atomic E-state index is 5.77. The van der Waals surface area contributed by atoms with Crippen molar-refractivity contribution in [3.63, 3.8) is 0 Å². The predicted octanol–water partition coefficient (Wildman–Crippen LogP) is 4.18. The number of hydrogen-bond acceptors (Lipinski definition) is 3. The van der Waals surface area contributed by atoms with Gasteiger partial charge in [-0.1, -0.05) is 20.8 Å². The van der Waals surface area contributed by atoms with Crippen LogP contribution in [0, 0.1) is 11.3 Å². The summed E-state index contributed by atoms with van der Waals surface area (Å²) in [6.07, 6.45) is 3.67. The Bertz CT molecular complexity index is 397. The van der Waals surface area contributed by atoms with Crippen LogP contribution in [0.5, 0.6) is 0 Å². The summed E-state index contributed by atoms with van der Waals surface area (Å²) in [6.45, 7) is 10.8. The van der Waals surface area contributed by atoms with Crippen LogP contribution < -0.4 is 0 Å². The average molecular weight is 301 g/mol. The van der Waals surface area contributed by atoms with Crippen molar-refractivity contribution < 1.29 is 0 Å². The van der Waals surface area contributed by atoms with E-state index in [-0.39, 0.29) is 0 Å². The summed E-state index contributed by atoms with van der Waals surface area (Å²) >= 11 is 7.52. The van der Waals surface area contributed by atoms with E-state index in [1.54, 1.807) is 11.3 Å². The summed E-state index contributed by atoms with van der Waals surface area (Å²) in [4.78, 5) is 7.13. The van der Waals surface area contributed by atoms with Crippen LogP contribution in [0.1, 0.15) is 44.3 Å². The summed E-state index contributed by atoms with van der Waals surface area (Å²) in [5.41, 5.74) is 1.48. The second kappa shape index (κ2) is 6.55. The van der Waals surface area contributed by atoms with E-state index in [9.17, 15) is 0 Å². The van der Waals surface area contributed by atoms with Gasteiger partial charge in [-0.3, -0.25) is 0 Å². The average Bonchev–Trinajstić information content (AvgIpc) is 2.96. The molecule has 0 aromatic carbocycles. The third-order valence-corrected chi connectivity index (χ3v) is 5.33. The van der Waals surface area contributed by atoms with Crippen LogP contribution in [0.15, 0.2) is 5.38 Å². The fourth-order valence-electron chi connectivity index (χ4n) is 2.72. The highest BCUT2D eigenvalue weighted by atomic mass is 35.5. The topological polar surface area (TPSA) is 16.1 Å². The predicted molar refractivity (Wildman–Crippen MR) is 84.0 cm³/mol. The molecule has 1 atom stereocenters. The van der Waals surface area contributed by atoms with Crippen molar-refractivity contribution in [1.29, 1.82) is 0 Å². The van der Waals surface area contributed by atoms with Gasteiger partial charge in [-0.05, 0) is 37.3 Å². The van der Waals surface area contributed by atoms with Crippen LogP contribution in [0.2, 0.25) is 0 Å². The Morgan fingerprint density at radius 3 is 2.84 bits per heavy atom. The third-order valence-electron chi connectivity index (χ3n) is 4.10. The lowest BCUT2D eigenvalue weighted by atomic mass is 9.80. The standard InChI is InChI=1S/C15H25ClN2S/c1-15(2,3)12-6-8-18(10-12)7-4-5-14-17-13(9-16)11-19-14/h11-12H,4-10H2,1-3H3. The minimum atomic E-state index is 0.458. The van der Waals surface area contributed by atoms with E-state index in [0.29, 0.717) is 11.3 Å². The molecule has 1 saturated heterocycles. The zero-order valence-corrected chi connectivity index (χ0v) is 13.9. The van der Waals surface area contributed by atoms with Gasteiger partial charge < -0.3 is 4.90 Å². The van der Waals surface area contributed by atoms with Crippen molar-refractivity contribution in [1.82, 2.24) is 9.88 Å². The Morgan fingerprint density at radius 1 is 1.47 bits per heavy atom. The molecule has 108 valence electrons. The summed E-state index contributed by atoms with van der Waals surface area (Å²) in [6, 6.07) is 0. The number of nitrogens with zero attached hydrogens (tertiary/aromatic N) is 2. The van der Waals surface area contributed by atoms with E-state index in [1.165, 1.54) is 37.5 Å². The number of alkyl halides is 1. The lowest BCUT2D eigenvalue weighted by molar-refractivity contribution is 0.228. The SMILES string of the molecule is CC(C)(C)C1CCN(CCCc2nc(CCl)cs2)C1. The minimum Gasteiger partial charge on any atom is -0.303 e. The Hall–Kier alpha value is -0.120. The molecule has 2 heterocycles. The first-order chi connectivity index (χ1) is 8.99. The summed E-state index contributed by atoms with van der Waals surface area (Å²) in [5, 5.41) is 3.32. The van der Waals surface area contributed by atoms with E-state index in [1.807, 2.05) is 0 Å². The second-order valence-electron chi connectivity index (χ2n) is 6.62. The first kappa shape index (κ1) is 15.3. The summed E-state index contributed by atoms with van der Waals surface area (Å²) in [5.74, 6) is 1.39. The third kappa shape index (κ3) is 4.44. The van der Waals surface area contributed by atoms with E-state index in [0.717, 1.165) is 18.0 Å². The van der Waals surface area contributed by atoms with Crippen LogP contribution in [0.4, 0.5) is 0 Å². The number of aromatic nitrogens is 1. The quantitative estimate of drug-likeness (QED) is 0.758. The van der Waals surface area contributed by atoms with Crippen molar-refractivity contribution in [3.8, 4) is 0 Å². The van der Waals surface area contributed by atoms with Crippen LogP contribution in [0.25, 0.3) is 0 Å². The maximum Gasteiger partial charge on any atom is 0.0929 e.